The molecule has 0 aliphatic heterocycles. The second-order valence-corrected chi connectivity index (χ2v) is 5.24. The lowest BCUT2D eigenvalue weighted by atomic mass is 10.0. The van der Waals surface area contributed by atoms with E-state index < -0.39 is 0 Å². The van der Waals surface area contributed by atoms with Crippen LogP contribution in [0, 0.1) is 0 Å². The van der Waals surface area contributed by atoms with E-state index >= 15 is 0 Å². The molecule has 0 bridgehead atoms. The lowest BCUT2D eigenvalue weighted by molar-refractivity contribution is 0.909. The summed E-state index contributed by atoms with van der Waals surface area (Å²) in [6.45, 7) is 2.17. The quantitative estimate of drug-likeness (QED) is 0.910. The molecule has 0 atom stereocenters. The van der Waals surface area contributed by atoms with Gasteiger partial charge in [-0.2, -0.15) is 0 Å². The fourth-order valence-corrected chi connectivity index (χ4v) is 2.35. The first-order chi connectivity index (χ1) is 9.26. The molecule has 0 unspecified atom stereocenters. The second-order valence-electron chi connectivity index (χ2n) is 5.24. The van der Waals surface area contributed by atoms with Crippen LogP contribution in [-0.2, 0) is 6.42 Å². The van der Waals surface area contributed by atoms with Gasteiger partial charge in [0.25, 0.3) is 5.56 Å². The van der Waals surface area contributed by atoms with E-state index in [1.165, 1.54) is 5.56 Å². The van der Waals surface area contributed by atoms with Crippen LogP contribution in [0.15, 0.2) is 35.1 Å². The topological polar surface area (TPSA) is 45.8 Å². The third-order valence-electron chi connectivity index (χ3n) is 3.49. The van der Waals surface area contributed by atoms with Crippen molar-refractivity contribution in [1.82, 2.24) is 9.97 Å². The number of nitrogens with one attached hydrogen (secondary N) is 1. The minimum Gasteiger partial charge on any atom is -0.310 e. The third kappa shape index (κ3) is 2.75. The summed E-state index contributed by atoms with van der Waals surface area (Å²) in [6.07, 6.45) is 4.47. The van der Waals surface area contributed by atoms with Gasteiger partial charge in [-0.15, -0.1) is 0 Å². The molecule has 19 heavy (non-hydrogen) atoms. The molecular formula is C16H18N2O. The summed E-state index contributed by atoms with van der Waals surface area (Å²) in [5, 5.41) is 0. The molecule has 1 aromatic carbocycles. The standard InChI is InChI=1S/C16H18N2O/c1-2-4-11-5-3-6-13(9-11)14-10-15(19)18-16(17-14)12-7-8-12/h3,5-6,9-10,12H,2,4,7-8H2,1H3,(H,17,18,19). The highest BCUT2D eigenvalue weighted by Gasteiger charge is 2.26. The highest BCUT2D eigenvalue weighted by Crippen LogP contribution is 2.38. The van der Waals surface area contributed by atoms with Crippen molar-refractivity contribution in [2.45, 2.75) is 38.5 Å². The van der Waals surface area contributed by atoms with Gasteiger partial charge in [0, 0.05) is 17.5 Å². The SMILES string of the molecule is CCCc1cccc(-c2cc(=O)[nH]c(C3CC3)n2)c1. The molecule has 1 N–H and O–H groups in total. The van der Waals surface area contributed by atoms with Crippen LogP contribution in [0.25, 0.3) is 11.3 Å². The Morgan fingerprint density at radius 3 is 2.89 bits per heavy atom. The normalized spacial score (nSPS) is 14.6. The zero-order chi connectivity index (χ0) is 13.2. The predicted molar refractivity (Wildman–Crippen MR) is 76.3 cm³/mol. The van der Waals surface area contributed by atoms with Crippen molar-refractivity contribution < 1.29 is 0 Å². The highest BCUT2D eigenvalue weighted by molar-refractivity contribution is 5.59. The predicted octanol–water partition coefficient (Wildman–Crippen LogP) is 3.27. The summed E-state index contributed by atoms with van der Waals surface area (Å²) in [5.74, 6) is 1.31. The second kappa shape index (κ2) is 5.00. The molecule has 0 radical (unpaired) electrons. The van der Waals surface area contributed by atoms with Crippen LogP contribution in [0.4, 0.5) is 0 Å². The summed E-state index contributed by atoms with van der Waals surface area (Å²) in [7, 11) is 0. The van der Waals surface area contributed by atoms with Crippen LogP contribution >= 0.6 is 0 Å². The van der Waals surface area contributed by atoms with Gasteiger partial charge in [0.15, 0.2) is 0 Å². The van der Waals surface area contributed by atoms with Gasteiger partial charge < -0.3 is 4.98 Å². The Hall–Kier alpha value is -1.90. The Kier molecular flexibility index (Phi) is 3.20. The van der Waals surface area contributed by atoms with Crippen molar-refractivity contribution in [2.24, 2.45) is 0 Å². The largest absolute Gasteiger partial charge is 0.310 e. The van der Waals surface area contributed by atoms with Crippen molar-refractivity contribution in [3.05, 3.63) is 52.1 Å². The van der Waals surface area contributed by atoms with Crippen molar-refractivity contribution in [3.63, 3.8) is 0 Å². The first-order valence-corrected chi connectivity index (χ1v) is 6.97. The maximum Gasteiger partial charge on any atom is 0.251 e. The lowest BCUT2D eigenvalue weighted by Gasteiger charge is -2.05. The first kappa shape index (κ1) is 12.2. The number of aromatic nitrogens is 2. The molecule has 3 heteroatoms. The van der Waals surface area contributed by atoms with Gasteiger partial charge in [-0.05, 0) is 30.9 Å². The highest BCUT2D eigenvalue weighted by atomic mass is 16.1. The van der Waals surface area contributed by atoms with Gasteiger partial charge in [0.05, 0.1) is 5.69 Å². The summed E-state index contributed by atoms with van der Waals surface area (Å²) in [4.78, 5) is 19.2. The first-order valence-electron chi connectivity index (χ1n) is 6.97. The van der Waals surface area contributed by atoms with Crippen molar-refractivity contribution in [3.8, 4) is 11.3 Å². The molecule has 98 valence electrons. The van der Waals surface area contributed by atoms with E-state index in [0.717, 1.165) is 42.8 Å². The van der Waals surface area contributed by atoms with E-state index in [1.807, 2.05) is 12.1 Å². The fourth-order valence-electron chi connectivity index (χ4n) is 2.35. The number of aromatic amines is 1. The van der Waals surface area contributed by atoms with Gasteiger partial charge in [0.2, 0.25) is 0 Å². The zero-order valence-electron chi connectivity index (χ0n) is 11.1. The minimum absolute atomic E-state index is 0.0483. The minimum atomic E-state index is -0.0483. The van der Waals surface area contributed by atoms with E-state index in [2.05, 4.69) is 29.0 Å². The van der Waals surface area contributed by atoms with Crippen molar-refractivity contribution >= 4 is 0 Å². The number of aryl methyl sites for hydroxylation is 1. The zero-order valence-corrected chi connectivity index (χ0v) is 11.1. The molecule has 1 saturated carbocycles. The molecule has 0 saturated heterocycles. The summed E-state index contributed by atoms with van der Waals surface area (Å²) < 4.78 is 0. The molecule has 1 fully saturated rings. The van der Waals surface area contributed by atoms with E-state index in [4.69, 9.17) is 0 Å². The molecule has 0 spiro atoms. The Morgan fingerprint density at radius 2 is 2.16 bits per heavy atom. The monoisotopic (exact) mass is 254 g/mol. The van der Waals surface area contributed by atoms with Gasteiger partial charge in [-0.1, -0.05) is 31.5 Å². The van der Waals surface area contributed by atoms with E-state index in [-0.39, 0.29) is 5.56 Å². The Balaban J connectivity index is 2.00. The van der Waals surface area contributed by atoms with E-state index in [9.17, 15) is 4.79 Å². The van der Waals surface area contributed by atoms with Crippen LogP contribution in [0.1, 0.15) is 43.5 Å². The summed E-state index contributed by atoms with van der Waals surface area (Å²) >= 11 is 0. The average Bonchev–Trinajstić information content (AvgIpc) is 3.23. The maximum atomic E-state index is 11.7. The summed E-state index contributed by atoms with van der Waals surface area (Å²) in [5.41, 5.74) is 3.09. The number of benzene rings is 1. The van der Waals surface area contributed by atoms with Crippen LogP contribution < -0.4 is 5.56 Å². The number of H-pyrrole nitrogens is 1. The molecule has 1 heterocycles. The van der Waals surface area contributed by atoms with E-state index in [1.54, 1.807) is 6.07 Å². The van der Waals surface area contributed by atoms with Crippen LogP contribution in [0.5, 0.6) is 0 Å². The van der Waals surface area contributed by atoms with Gasteiger partial charge in [-0.25, -0.2) is 4.98 Å². The van der Waals surface area contributed by atoms with Gasteiger partial charge in [-0.3, -0.25) is 4.79 Å². The molecule has 3 rings (SSSR count). The van der Waals surface area contributed by atoms with Crippen LogP contribution in [0.3, 0.4) is 0 Å². The number of hydrogen-bond donors (Lipinski definition) is 1. The van der Waals surface area contributed by atoms with E-state index in [0.29, 0.717) is 5.92 Å². The molecule has 2 aromatic rings. The molecule has 1 aliphatic carbocycles. The molecule has 1 aliphatic rings. The molecule has 1 aromatic heterocycles. The molecular weight excluding hydrogens is 236 g/mol. The lowest BCUT2D eigenvalue weighted by Crippen LogP contribution is -2.10. The Labute approximate surface area is 112 Å². The van der Waals surface area contributed by atoms with Crippen LogP contribution in [0.2, 0.25) is 0 Å². The van der Waals surface area contributed by atoms with Crippen molar-refractivity contribution in [2.75, 3.05) is 0 Å². The molecule has 0 amide bonds. The van der Waals surface area contributed by atoms with Gasteiger partial charge in [0.1, 0.15) is 5.82 Å². The van der Waals surface area contributed by atoms with Crippen molar-refractivity contribution in [1.29, 1.82) is 0 Å². The Bertz CT molecular complexity index is 641. The smallest absolute Gasteiger partial charge is 0.251 e. The number of hydrogen-bond acceptors (Lipinski definition) is 2. The third-order valence-corrected chi connectivity index (χ3v) is 3.49. The van der Waals surface area contributed by atoms with Crippen LogP contribution in [-0.4, -0.2) is 9.97 Å². The maximum absolute atomic E-state index is 11.7. The number of nitrogens with zero attached hydrogens (tertiary/aromatic N) is 1. The number of rotatable bonds is 4. The fraction of sp³-hybridized carbons (Fsp3) is 0.375. The van der Waals surface area contributed by atoms with Gasteiger partial charge >= 0.3 is 0 Å². The molecule has 3 nitrogen and oxygen atoms in total. The Morgan fingerprint density at radius 1 is 1.32 bits per heavy atom. The average molecular weight is 254 g/mol. The summed E-state index contributed by atoms with van der Waals surface area (Å²) in [6, 6.07) is 9.93.